The fraction of sp³-hybridized carbons (Fsp3) is 0.500. The quantitative estimate of drug-likeness (QED) is 0.615. The highest BCUT2D eigenvalue weighted by Crippen LogP contribution is 2.27. The molecule has 84 valence electrons. The molecule has 0 fully saturated rings. The average Bonchev–Trinajstić information content (AvgIpc) is 2.23. The first-order valence-electron chi connectivity index (χ1n) is 5.14. The van der Waals surface area contributed by atoms with Crippen molar-refractivity contribution in [1.82, 2.24) is 0 Å². The van der Waals surface area contributed by atoms with E-state index in [1.165, 1.54) is 11.1 Å². The third kappa shape index (κ3) is 3.31. The van der Waals surface area contributed by atoms with E-state index in [1.807, 2.05) is 0 Å². The van der Waals surface area contributed by atoms with Gasteiger partial charge in [-0.25, -0.2) is 0 Å². The molecule has 0 unspecified atom stereocenters. The summed E-state index contributed by atoms with van der Waals surface area (Å²) in [4.78, 5) is 0. The van der Waals surface area contributed by atoms with E-state index < -0.39 is 0 Å². The summed E-state index contributed by atoms with van der Waals surface area (Å²) in [5.41, 5.74) is 3.56. The van der Waals surface area contributed by atoms with Gasteiger partial charge >= 0.3 is 0 Å². The molecule has 0 aliphatic carbocycles. The molecule has 0 saturated heterocycles. The monoisotopic (exact) mass is 227 g/mol. The highest BCUT2D eigenvalue weighted by Gasteiger charge is 2.04. The van der Waals surface area contributed by atoms with Gasteiger partial charge in [0.15, 0.2) is 0 Å². The van der Waals surface area contributed by atoms with Crippen molar-refractivity contribution in [2.75, 3.05) is 24.9 Å². The molecule has 1 aromatic rings. The Morgan fingerprint density at radius 3 is 2.53 bits per heavy atom. The maximum absolute atomic E-state index is 5.63. The molecule has 2 nitrogen and oxygen atoms in total. The molecule has 0 saturated carbocycles. The smallest absolute Gasteiger partial charge is 0.142 e. The van der Waals surface area contributed by atoms with Crippen LogP contribution >= 0.6 is 11.6 Å². The van der Waals surface area contributed by atoms with Crippen molar-refractivity contribution in [3.8, 4) is 5.75 Å². The Morgan fingerprint density at radius 1 is 1.27 bits per heavy atom. The molecule has 0 atom stereocenters. The van der Waals surface area contributed by atoms with E-state index in [0.717, 1.165) is 24.4 Å². The second kappa shape index (κ2) is 5.86. The molecule has 1 N–H and O–H groups in total. The number of benzene rings is 1. The molecule has 0 radical (unpaired) electrons. The van der Waals surface area contributed by atoms with Crippen molar-refractivity contribution in [1.29, 1.82) is 0 Å². The van der Waals surface area contributed by atoms with E-state index in [1.54, 1.807) is 7.11 Å². The van der Waals surface area contributed by atoms with Crippen LogP contribution < -0.4 is 10.1 Å². The van der Waals surface area contributed by atoms with Crippen LogP contribution in [0.2, 0.25) is 0 Å². The molecule has 15 heavy (non-hydrogen) atoms. The van der Waals surface area contributed by atoms with E-state index in [9.17, 15) is 0 Å². The minimum absolute atomic E-state index is 0.681. The minimum atomic E-state index is 0.681. The lowest BCUT2D eigenvalue weighted by Crippen LogP contribution is -2.04. The standard InChI is InChI=1S/C12H18ClNO/c1-9-7-11(14-6-4-5-13)12(15-3)8-10(9)2/h7-8,14H,4-6H2,1-3H3. The third-order valence-corrected chi connectivity index (χ3v) is 2.71. The molecule has 0 bridgehead atoms. The van der Waals surface area contributed by atoms with E-state index in [0.29, 0.717) is 5.88 Å². The number of anilines is 1. The highest BCUT2D eigenvalue weighted by molar-refractivity contribution is 6.17. The molecular weight excluding hydrogens is 210 g/mol. The van der Waals surface area contributed by atoms with Crippen molar-refractivity contribution >= 4 is 17.3 Å². The number of methoxy groups -OCH3 is 1. The zero-order valence-corrected chi connectivity index (χ0v) is 10.3. The molecule has 1 aromatic carbocycles. The molecule has 0 aromatic heterocycles. The van der Waals surface area contributed by atoms with Gasteiger partial charge in [-0.3, -0.25) is 0 Å². The second-order valence-corrected chi connectivity index (χ2v) is 3.98. The SMILES string of the molecule is COc1cc(C)c(C)cc1NCCCCl. The average molecular weight is 228 g/mol. The van der Waals surface area contributed by atoms with Crippen LogP contribution in [0.1, 0.15) is 17.5 Å². The summed E-state index contributed by atoms with van der Waals surface area (Å²) in [6.07, 6.45) is 0.956. The number of hydrogen-bond acceptors (Lipinski definition) is 2. The maximum Gasteiger partial charge on any atom is 0.142 e. The molecule has 1 rings (SSSR count). The molecule has 0 amide bonds. The molecule has 0 aliphatic heterocycles. The van der Waals surface area contributed by atoms with Crippen LogP contribution in [0.5, 0.6) is 5.75 Å². The number of hydrogen-bond donors (Lipinski definition) is 1. The summed E-state index contributed by atoms with van der Waals surface area (Å²) in [6.45, 7) is 5.06. The van der Waals surface area contributed by atoms with Crippen LogP contribution in [0.25, 0.3) is 0 Å². The summed E-state index contributed by atoms with van der Waals surface area (Å²) in [5.74, 6) is 1.58. The minimum Gasteiger partial charge on any atom is -0.495 e. The van der Waals surface area contributed by atoms with Crippen LogP contribution in [0.15, 0.2) is 12.1 Å². The second-order valence-electron chi connectivity index (χ2n) is 3.61. The predicted molar refractivity (Wildman–Crippen MR) is 66.3 cm³/mol. The Kier molecular flexibility index (Phi) is 4.76. The normalized spacial score (nSPS) is 10.1. The Morgan fingerprint density at radius 2 is 1.93 bits per heavy atom. The summed E-state index contributed by atoms with van der Waals surface area (Å²) in [7, 11) is 1.69. The van der Waals surface area contributed by atoms with E-state index >= 15 is 0 Å². The van der Waals surface area contributed by atoms with E-state index in [4.69, 9.17) is 16.3 Å². The van der Waals surface area contributed by atoms with Crippen molar-refractivity contribution in [3.05, 3.63) is 23.3 Å². The van der Waals surface area contributed by atoms with Gasteiger partial charge in [-0.2, -0.15) is 0 Å². The Bertz CT molecular complexity index is 326. The van der Waals surface area contributed by atoms with Crippen molar-refractivity contribution in [3.63, 3.8) is 0 Å². The van der Waals surface area contributed by atoms with Crippen LogP contribution in [-0.2, 0) is 0 Å². The first-order valence-corrected chi connectivity index (χ1v) is 5.67. The Hall–Kier alpha value is -0.890. The van der Waals surface area contributed by atoms with Gasteiger partial charge in [0.1, 0.15) is 5.75 Å². The fourth-order valence-corrected chi connectivity index (χ4v) is 1.52. The van der Waals surface area contributed by atoms with E-state index in [-0.39, 0.29) is 0 Å². The van der Waals surface area contributed by atoms with Gasteiger partial charge in [0, 0.05) is 12.4 Å². The van der Waals surface area contributed by atoms with Gasteiger partial charge in [-0.05, 0) is 43.5 Å². The summed E-state index contributed by atoms with van der Waals surface area (Å²) in [5, 5.41) is 3.32. The number of rotatable bonds is 5. The van der Waals surface area contributed by atoms with Gasteiger partial charge in [0.25, 0.3) is 0 Å². The van der Waals surface area contributed by atoms with Gasteiger partial charge in [-0.1, -0.05) is 0 Å². The Labute approximate surface area is 96.6 Å². The zero-order valence-electron chi connectivity index (χ0n) is 9.56. The number of aryl methyl sites for hydroxylation is 2. The molecule has 0 aliphatic rings. The highest BCUT2D eigenvalue weighted by atomic mass is 35.5. The molecule has 3 heteroatoms. The first kappa shape index (κ1) is 12.2. The van der Waals surface area contributed by atoms with E-state index in [2.05, 4.69) is 31.3 Å². The summed E-state index contributed by atoms with van der Waals surface area (Å²) < 4.78 is 5.32. The fourth-order valence-electron chi connectivity index (χ4n) is 1.39. The summed E-state index contributed by atoms with van der Waals surface area (Å²) >= 11 is 5.63. The van der Waals surface area contributed by atoms with Gasteiger partial charge < -0.3 is 10.1 Å². The lowest BCUT2D eigenvalue weighted by molar-refractivity contribution is 0.416. The lowest BCUT2D eigenvalue weighted by atomic mass is 10.1. The molecule has 0 spiro atoms. The number of nitrogens with one attached hydrogen (secondary N) is 1. The van der Waals surface area contributed by atoms with Crippen molar-refractivity contribution in [2.45, 2.75) is 20.3 Å². The maximum atomic E-state index is 5.63. The van der Waals surface area contributed by atoms with Gasteiger partial charge in [0.05, 0.1) is 12.8 Å². The first-order chi connectivity index (χ1) is 7.19. The van der Waals surface area contributed by atoms with Gasteiger partial charge in [0.2, 0.25) is 0 Å². The largest absolute Gasteiger partial charge is 0.495 e. The molecular formula is C12H18ClNO. The topological polar surface area (TPSA) is 21.3 Å². The zero-order chi connectivity index (χ0) is 11.3. The van der Waals surface area contributed by atoms with Crippen molar-refractivity contribution < 1.29 is 4.74 Å². The van der Waals surface area contributed by atoms with Crippen LogP contribution in [0, 0.1) is 13.8 Å². The molecule has 0 heterocycles. The number of ether oxygens (including phenoxy) is 1. The Balaban J connectivity index is 2.80. The third-order valence-electron chi connectivity index (χ3n) is 2.44. The van der Waals surface area contributed by atoms with Crippen LogP contribution in [-0.4, -0.2) is 19.5 Å². The van der Waals surface area contributed by atoms with Crippen LogP contribution in [0.4, 0.5) is 5.69 Å². The summed E-state index contributed by atoms with van der Waals surface area (Å²) in [6, 6.07) is 4.17. The lowest BCUT2D eigenvalue weighted by Gasteiger charge is -2.13. The number of halogens is 1. The van der Waals surface area contributed by atoms with Crippen LogP contribution in [0.3, 0.4) is 0 Å². The van der Waals surface area contributed by atoms with Gasteiger partial charge in [-0.15, -0.1) is 11.6 Å². The van der Waals surface area contributed by atoms with Crippen molar-refractivity contribution in [2.24, 2.45) is 0 Å². The number of alkyl halides is 1. The predicted octanol–water partition coefficient (Wildman–Crippen LogP) is 3.35.